The zero-order valence-electron chi connectivity index (χ0n) is 10.1. The molecule has 17 heavy (non-hydrogen) atoms. The third kappa shape index (κ3) is 2.00. The van der Waals surface area contributed by atoms with E-state index in [0.717, 1.165) is 16.0 Å². The zero-order valence-corrected chi connectivity index (χ0v) is 11.7. The lowest BCUT2D eigenvalue weighted by molar-refractivity contribution is 0.199. The Labute approximate surface area is 111 Å². The molecule has 1 saturated carbocycles. The van der Waals surface area contributed by atoms with Crippen LogP contribution in [0.25, 0.3) is 0 Å². The molecule has 1 N–H and O–H groups in total. The van der Waals surface area contributed by atoms with Gasteiger partial charge in [0.15, 0.2) is 0 Å². The Balaban J connectivity index is 1.98. The number of benzene rings is 1. The van der Waals surface area contributed by atoms with Gasteiger partial charge in [-0.2, -0.15) is 0 Å². The Morgan fingerprint density at radius 1 is 1.41 bits per heavy atom. The fraction of sp³-hybridized carbons (Fsp3) is 0.571. The molecular weight excluding hydrogens is 278 g/mol. The molecule has 1 heterocycles. The maximum Gasteiger partial charge on any atom is 0.0782 e. The minimum absolute atomic E-state index is 0.391. The number of nitrogens with zero attached hydrogens (tertiary/aromatic N) is 1. The molecule has 0 amide bonds. The highest BCUT2D eigenvalue weighted by Gasteiger charge is 2.38. The van der Waals surface area contributed by atoms with Crippen molar-refractivity contribution in [1.82, 2.24) is 0 Å². The predicted octanol–water partition coefficient (Wildman–Crippen LogP) is 3.49. The van der Waals surface area contributed by atoms with Crippen LogP contribution >= 0.6 is 15.9 Å². The van der Waals surface area contributed by atoms with Gasteiger partial charge in [-0.05, 0) is 44.2 Å². The Kier molecular flexibility index (Phi) is 2.91. The first-order chi connectivity index (χ1) is 8.15. The highest BCUT2D eigenvalue weighted by Crippen LogP contribution is 2.42. The predicted molar refractivity (Wildman–Crippen MR) is 73.3 cm³/mol. The van der Waals surface area contributed by atoms with Crippen molar-refractivity contribution in [1.29, 1.82) is 0 Å². The third-order valence-electron chi connectivity index (χ3n) is 4.16. The summed E-state index contributed by atoms with van der Waals surface area (Å²) in [7, 11) is 0. The van der Waals surface area contributed by atoms with Gasteiger partial charge in [0.2, 0.25) is 0 Å². The highest BCUT2D eigenvalue weighted by molar-refractivity contribution is 9.10. The summed E-state index contributed by atoms with van der Waals surface area (Å²) in [6.07, 6.45) is 3.65. The lowest BCUT2D eigenvalue weighted by atomic mass is 10.0. The number of aliphatic hydroxyl groups is 1. The number of rotatable bonds is 2. The van der Waals surface area contributed by atoms with Crippen molar-refractivity contribution in [2.75, 3.05) is 11.4 Å². The number of piperidine rings is 1. The van der Waals surface area contributed by atoms with Crippen LogP contribution in [0.1, 0.15) is 37.9 Å². The molecule has 1 aromatic rings. The van der Waals surface area contributed by atoms with Crippen molar-refractivity contribution in [2.45, 2.75) is 38.3 Å². The van der Waals surface area contributed by atoms with E-state index in [4.69, 9.17) is 0 Å². The van der Waals surface area contributed by atoms with E-state index in [1.807, 2.05) is 19.1 Å². The van der Waals surface area contributed by atoms with Crippen LogP contribution in [-0.4, -0.2) is 17.7 Å². The van der Waals surface area contributed by atoms with Gasteiger partial charge in [0, 0.05) is 28.3 Å². The normalized spacial score (nSPS) is 28.8. The number of hydrogen-bond donors (Lipinski definition) is 1. The van der Waals surface area contributed by atoms with Gasteiger partial charge in [-0.1, -0.05) is 22.0 Å². The largest absolute Gasteiger partial charge is 0.389 e. The summed E-state index contributed by atoms with van der Waals surface area (Å²) >= 11 is 3.54. The summed E-state index contributed by atoms with van der Waals surface area (Å²) < 4.78 is 1.10. The van der Waals surface area contributed by atoms with Gasteiger partial charge >= 0.3 is 0 Å². The van der Waals surface area contributed by atoms with E-state index in [1.54, 1.807) is 0 Å². The lowest BCUT2D eigenvalue weighted by Crippen LogP contribution is -2.32. The van der Waals surface area contributed by atoms with E-state index < -0.39 is 6.10 Å². The first kappa shape index (κ1) is 11.5. The average Bonchev–Trinajstić information content (AvgIpc) is 2.90. The zero-order chi connectivity index (χ0) is 12.0. The van der Waals surface area contributed by atoms with Crippen LogP contribution in [0.2, 0.25) is 0 Å². The quantitative estimate of drug-likeness (QED) is 0.903. The van der Waals surface area contributed by atoms with Crippen LogP contribution in [0.4, 0.5) is 5.69 Å². The molecule has 3 unspecified atom stereocenters. The molecule has 0 radical (unpaired) electrons. The Bertz CT molecular complexity index is 432. The maximum absolute atomic E-state index is 9.88. The van der Waals surface area contributed by atoms with E-state index in [0.29, 0.717) is 6.04 Å². The van der Waals surface area contributed by atoms with Crippen molar-refractivity contribution in [3.63, 3.8) is 0 Å². The first-order valence-corrected chi connectivity index (χ1v) is 7.18. The van der Waals surface area contributed by atoms with E-state index in [2.05, 4.69) is 26.9 Å². The molecular formula is C14H18BrNO. The van der Waals surface area contributed by atoms with Crippen LogP contribution in [0.5, 0.6) is 0 Å². The minimum atomic E-state index is -0.391. The minimum Gasteiger partial charge on any atom is -0.389 e. The second kappa shape index (κ2) is 4.29. The second-order valence-electron chi connectivity index (χ2n) is 5.36. The summed E-state index contributed by atoms with van der Waals surface area (Å²) in [6, 6.07) is 6.91. The number of anilines is 1. The van der Waals surface area contributed by atoms with E-state index in [9.17, 15) is 5.11 Å². The van der Waals surface area contributed by atoms with Crippen LogP contribution in [-0.2, 0) is 0 Å². The number of halogens is 1. The molecule has 1 saturated heterocycles. The maximum atomic E-state index is 9.88. The number of fused-ring (bicyclic) bond motifs is 2. The van der Waals surface area contributed by atoms with Gasteiger partial charge in [0.25, 0.3) is 0 Å². The number of hydrogen-bond acceptors (Lipinski definition) is 2. The molecule has 1 aliphatic carbocycles. The molecule has 2 nitrogen and oxygen atoms in total. The summed E-state index contributed by atoms with van der Waals surface area (Å²) in [5.74, 6) is 0.876. The van der Waals surface area contributed by atoms with Crippen molar-refractivity contribution in [3.05, 3.63) is 28.2 Å². The Morgan fingerprint density at radius 2 is 2.24 bits per heavy atom. The van der Waals surface area contributed by atoms with E-state index in [1.165, 1.54) is 31.5 Å². The van der Waals surface area contributed by atoms with Gasteiger partial charge in [-0.3, -0.25) is 0 Å². The fourth-order valence-electron chi connectivity index (χ4n) is 3.34. The molecule has 1 aliphatic heterocycles. The van der Waals surface area contributed by atoms with Gasteiger partial charge in [0.05, 0.1) is 6.10 Å². The van der Waals surface area contributed by atoms with Crippen molar-refractivity contribution < 1.29 is 5.11 Å². The smallest absolute Gasteiger partial charge is 0.0782 e. The first-order valence-electron chi connectivity index (χ1n) is 6.39. The van der Waals surface area contributed by atoms with Crippen LogP contribution in [0.3, 0.4) is 0 Å². The molecule has 0 aromatic heterocycles. The van der Waals surface area contributed by atoms with E-state index in [-0.39, 0.29) is 0 Å². The standard InChI is InChI=1S/C14H18BrNO/c1-9(17)13-5-3-11(15)7-14(13)16-8-10-2-4-12(16)6-10/h3,5,7,9-10,12,17H,2,4,6,8H2,1H3. The Morgan fingerprint density at radius 3 is 2.82 bits per heavy atom. The molecule has 1 aromatic carbocycles. The van der Waals surface area contributed by atoms with E-state index >= 15 is 0 Å². The summed E-state index contributed by atoms with van der Waals surface area (Å²) in [5, 5.41) is 9.88. The monoisotopic (exact) mass is 295 g/mol. The van der Waals surface area contributed by atoms with Crippen LogP contribution in [0, 0.1) is 5.92 Å². The molecule has 3 rings (SSSR count). The average molecular weight is 296 g/mol. The molecule has 92 valence electrons. The molecule has 3 heteroatoms. The van der Waals surface area contributed by atoms with Crippen LogP contribution < -0.4 is 4.90 Å². The molecule has 3 atom stereocenters. The van der Waals surface area contributed by atoms with Crippen molar-refractivity contribution >= 4 is 21.6 Å². The third-order valence-corrected chi connectivity index (χ3v) is 4.65. The number of aliphatic hydroxyl groups excluding tert-OH is 1. The lowest BCUT2D eigenvalue weighted by Gasteiger charge is -2.31. The fourth-order valence-corrected chi connectivity index (χ4v) is 3.69. The molecule has 2 bridgehead atoms. The molecule has 0 spiro atoms. The van der Waals surface area contributed by atoms with Crippen molar-refractivity contribution in [3.8, 4) is 0 Å². The van der Waals surface area contributed by atoms with Gasteiger partial charge in [-0.25, -0.2) is 0 Å². The van der Waals surface area contributed by atoms with Crippen LogP contribution in [0.15, 0.2) is 22.7 Å². The topological polar surface area (TPSA) is 23.5 Å². The van der Waals surface area contributed by atoms with Gasteiger partial charge in [-0.15, -0.1) is 0 Å². The molecule has 2 fully saturated rings. The SMILES string of the molecule is CC(O)c1ccc(Br)cc1N1CC2CCC1C2. The van der Waals surface area contributed by atoms with Gasteiger partial charge < -0.3 is 10.0 Å². The molecule has 2 aliphatic rings. The summed E-state index contributed by atoms with van der Waals surface area (Å²) in [5.41, 5.74) is 2.28. The summed E-state index contributed by atoms with van der Waals surface area (Å²) in [4.78, 5) is 2.50. The Hall–Kier alpha value is -0.540. The summed E-state index contributed by atoms with van der Waals surface area (Å²) in [6.45, 7) is 3.02. The second-order valence-corrected chi connectivity index (χ2v) is 6.28. The highest BCUT2D eigenvalue weighted by atomic mass is 79.9. The van der Waals surface area contributed by atoms with Gasteiger partial charge in [0.1, 0.15) is 0 Å². The van der Waals surface area contributed by atoms with Crippen molar-refractivity contribution in [2.24, 2.45) is 5.92 Å².